The molecule has 6 aromatic heterocycles. The van der Waals surface area contributed by atoms with E-state index in [2.05, 4.69) is 71.4 Å². The van der Waals surface area contributed by atoms with Crippen LogP contribution in [0.2, 0.25) is 0 Å². The molecule has 0 saturated carbocycles. The summed E-state index contributed by atoms with van der Waals surface area (Å²) in [6.45, 7) is 8.76. The molecule has 1 fully saturated rings. The van der Waals surface area contributed by atoms with Crippen LogP contribution in [-0.4, -0.2) is 135 Å². The number of nitrogens with one attached hydrogen (secondary N) is 5. The van der Waals surface area contributed by atoms with Gasteiger partial charge in [-0.2, -0.15) is 15.0 Å². The smallest absolute Gasteiger partial charge is 0.328 e. The fraction of sp³-hybridized carbons (Fsp3) is 0.390. The number of anilines is 6. The van der Waals surface area contributed by atoms with Gasteiger partial charge in [-0.15, -0.1) is 0 Å². The van der Waals surface area contributed by atoms with Crippen LogP contribution in [0.5, 0.6) is 23.0 Å². The van der Waals surface area contributed by atoms with Gasteiger partial charge in [0.05, 0.1) is 52.1 Å². The van der Waals surface area contributed by atoms with Gasteiger partial charge >= 0.3 is 11.9 Å². The summed E-state index contributed by atoms with van der Waals surface area (Å²) < 4.78 is 31.2. The Balaban J connectivity index is 0.000000200. The maximum Gasteiger partial charge on any atom is 0.328 e. The molecule has 0 radical (unpaired) electrons. The Labute approximate surface area is 493 Å². The minimum absolute atomic E-state index is 0.128. The van der Waals surface area contributed by atoms with Crippen LogP contribution in [0.25, 0.3) is 33.1 Å². The molecule has 0 aliphatic carbocycles. The fourth-order valence-electron chi connectivity index (χ4n) is 8.53. The number of aromatic nitrogens is 9. The lowest BCUT2D eigenvalue weighted by Crippen LogP contribution is -2.35. The number of carbonyl (C=O) groups is 3. The van der Waals surface area contributed by atoms with Crippen molar-refractivity contribution in [3.05, 3.63) is 103 Å². The molecule has 0 spiro atoms. The fourth-order valence-corrected chi connectivity index (χ4v) is 8.53. The molecule has 3 atom stereocenters. The summed E-state index contributed by atoms with van der Waals surface area (Å²) >= 11 is 0. The predicted molar refractivity (Wildman–Crippen MR) is 326 cm³/mol. The highest BCUT2D eigenvalue weighted by molar-refractivity contribution is 5.91. The molecule has 1 aliphatic heterocycles. The quantitative estimate of drug-likeness (QED) is 0.0250. The van der Waals surface area contributed by atoms with Crippen molar-refractivity contribution in [2.75, 3.05) is 81.1 Å². The normalized spacial score (nSPS) is 12.5. The highest BCUT2D eigenvalue weighted by Gasteiger charge is 2.23. The highest BCUT2D eigenvalue weighted by Crippen LogP contribution is 2.29. The van der Waals surface area contributed by atoms with E-state index in [-0.39, 0.29) is 11.9 Å². The molecule has 85 heavy (non-hydrogen) atoms. The van der Waals surface area contributed by atoms with Gasteiger partial charge in [-0.25, -0.2) is 24.5 Å². The van der Waals surface area contributed by atoms with Crippen LogP contribution in [0.15, 0.2) is 91.4 Å². The summed E-state index contributed by atoms with van der Waals surface area (Å²) in [5.41, 5.74) is 16.4. The second kappa shape index (κ2) is 33.4. The summed E-state index contributed by atoms with van der Waals surface area (Å²) in [5.74, 6) is 3.25. The lowest BCUT2D eigenvalue weighted by Gasteiger charge is -2.18. The molecule has 452 valence electrons. The van der Waals surface area contributed by atoms with Crippen LogP contribution in [0.1, 0.15) is 83.3 Å². The summed E-state index contributed by atoms with van der Waals surface area (Å²) in [6.07, 6.45) is 11.5. The highest BCUT2D eigenvalue weighted by atomic mass is 16.5. The third kappa shape index (κ3) is 18.9. The minimum Gasteiger partial charge on any atom is -0.497 e. The van der Waals surface area contributed by atoms with Gasteiger partial charge in [-0.3, -0.25) is 19.7 Å². The Kier molecular flexibility index (Phi) is 25.3. The van der Waals surface area contributed by atoms with Crippen molar-refractivity contribution in [1.29, 1.82) is 0 Å². The topological polar surface area (TPSA) is 355 Å². The number of carboxylic acids is 1. The Bertz CT molecular complexity index is 3440. The number of amides is 1. The predicted octanol–water partition coefficient (Wildman–Crippen LogP) is 8.20. The number of primary amides is 1. The number of carbonyl (C=O) groups excluding carboxylic acids is 2. The second-order valence-electron chi connectivity index (χ2n) is 18.9. The summed E-state index contributed by atoms with van der Waals surface area (Å²) in [6, 6.07) is 20.1. The van der Waals surface area contributed by atoms with E-state index in [0.29, 0.717) is 118 Å². The van der Waals surface area contributed by atoms with Gasteiger partial charge in [-0.1, -0.05) is 40.0 Å². The minimum atomic E-state index is -0.933. The lowest BCUT2D eigenvalue weighted by molar-refractivity contribution is -0.141. The number of benzene rings is 2. The third-order valence-electron chi connectivity index (χ3n) is 12.9. The van der Waals surface area contributed by atoms with E-state index < -0.39 is 30.0 Å². The van der Waals surface area contributed by atoms with Crippen LogP contribution >= 0.6 is 0 Å². The molecule has 1 saturated heterocycles. The van der Waals surface area contributed by atoms with E-state index in [1.54, 1.807) is 77.4 Å². The van der Waals surface area contributed by atoms with Crippen LogP contribution in [0.3, 0.4) is 0 Å². The van der Waals surface area contributed by atoms with Crippen molar-refractivity contribution in [2.24, 2.45) is 5.73 Å². The second-order valence-corrected chi connectivity index (χ2v) is 18.9. The summed E-state index contributed by atoms with van der Waals surface area (Å²) in [5, 5.41) is 25.1. The monoisotopic (exact) mass is 1170 g/mol. The van der Waals surface area contributed by atoms with Gasteiger partial charge in [0.15, 0.2) is 17.5 Å². The molecule has 26 nitrogen and oxygen atoms in total. The average Bonchev–Trinajstić information content (AvgIpc) is 3.89. The van der Waals surface area contributed by atoms with Crippen molar-refractivity contribution in [3.63, 3.8) is 0 Å². The number of hydrogen-bond acceptors (Lipinski definition) is 24. The molecule has 2 aromatic carbocycles. The molecule has 0 bridgehead atoms. The number of fused-ring (bicyclic) bond motifs is 3. The molecule has 1 aliphatic rings. The number of pyridine rings is 3. The van der Waals surface area contributed by atoms with Crippen LogP contribution in [0.4, 0.5) is 35.3 Å². The van der Waals surface area contributed by atoms with Crippen LogP contribution in [0, 0.1) is 0 Å². The zero-order chi connectivity index (χ0) is 61.1. The first-order valence-corrected chi connectivity index (χ1v) is 27.8. The van der Waals surface area contributed by atoms with Crippen LogP contribution < -0.4 is 57.0 Å². The molecule has 10 N–H and O–H groups in total. The number of aliphatic carboxylic acids is 1. The molecular formula is C59H76N16O10. The number of nitrogens with zero attached hydrogens (tertiary/aromatic N) is 9. The molecule has 1 amide bonds. The number of rotatable bonds is 25. The number of hydrogen-bond donors (Lipinski definition) is 8. The number of nitrogens with two attached hydrogens (primary N) is 2. The maximum atomic E-state index is 12.2. The zero-order valence-corrected chi connectivity index (χ0v) is 49.2. The SMILES string of the molecule is C1CCOC1.CCC[C@H](Nc1nc(N)nc2cccnc12)C(N)=O.CCC[C@H](Nc1nc(NCc2ccc(OC)cc2OC)nc2cccnc12)C(=O)O.CCC[C@H](Nc1nc(NCc2ccc(OC)cc2OC)nc2cccnc12)C(=O)OC. The Morgan fingerprint density at radius 1 is 0.565 bits per heavy atom. The van der Waals surface area contributed by atoms with E-state index in [9.17, 15) is 19.5 Å². The first kappa shape index (κ1) is 64.4. The molecular weight excluding hydrogens is 1090 g/mol. The van der Waals surface area contributed by atoms with E-state index >= 15 is 0 Å². The largest absolute Gasteiger partial charge is 0.497 e. The Morgan fingerprint density at radius 2 is 0.988 bits per heavy atom. The van der Waals surface area contributed by atoms with Crippen LogP contribution in [-0.2, 0) is 36.9 Å². The van der Waals surface area contributed by atoms with Gasteiger partial charge in [0.25, 0.3) is 0 Å². The molecule has 8 aromatic rings. The molecule has 26 heteroatoms. The number of ether oxygens (including phenoxy) is 6. The number of nitrogen functional groups attached to an aromatic ring is 1. The number of carboxylic acid groups (broad SMARTS) is 1. The van der Waals surface area contributed by atoms with E-state index in [0.717, 1.165) is 43.6 Å². The van der Waals surface area contributed by atoms with E-state index in [1.807, 2.05) is 63.2 Å². The summed E-state index contributed by atoms with van der Waals surface area (Å²) in [4.78, 5) is 74.3. The van der Waals surface area contributed by atoms with Gasteiger partial charge in [-0.05, 0) is 92.8 Å². The molecule has 0 unspecified atom stereocenters. The van der Waals surface area contributed by atoms with E-state index in [4.69, 9.17) is 39.9 Å². The maximum absolute atomic E-state index is 12.2. The van der Waals surface area contributed by atoms with Crippen molar-refractivity contribution in [2.45, 2.75) is 103 Å². The van der Waals surface area contributed by atoms with Gasteiger partial charge in [0, 0.05) is 68.2 Å². The standard InChI is InChI=1S/C22H27N5O4.C21H25N5O4.C12H16N6O.C4H8O/c1-5-7-17(21(28)31-4)25-20-19-16(8-6-11-23-19)26-22(27-20)24-13-14-9-10-15(29-2)12-18(14)30-3;1-4-6-16(20(27)28)24-19-18-15(7-5-10-22-18)25-21(26-19)23-12-13-8-9-14(29-2)11-17(13)30-3;1-2-4-8(10(13)19)16-11-9-7(5-3-6-15-9)17-12(14)18-11;1-2-4-5-3-1/h6,8-12,17H,5,7,13H2,1-4H3,(H2,24,25,26,27);5,7-11,16H,4,6,12H2,1-3H3,(H,27,28)(H2,23,24,25,26);3,5-6,8H,2,4H2,1H3,(H2,13,19)(H3,14,16,17,18);1-4H2/t17-;16-;8-;/m000./s1. The Morgan fingerprint density at radius 3 is 1.39 bits per heavy atom. The first-order chi connectivity index (χ1) is 41.3. The van der Waals surface area contributed by atoms with Crippen molar-refractivity contribution in [1.82, 2.24) is 44.9 Å². The zero-order valence-electron chi connectivity index (χ0n) is 49.2. The number of methoxy groups -OCH3 is 5. The molecule has 9 rings (SSSR count). The third-order valence-corrected chi connectivity index (χ3v) is 12.9. The van der Waals surface area contributed by atoms with E-state index in [1.165, 1.54) is 20.0 Å². The molecule has 7 heterocycles. The first-order valence-electron chi connectivity index (χ1n) is 27.8. The van der Waals surface area contributed by atoms with Crippen molar-refractivity contribution in [3.8, 4) is 23.0 Å². The van der Waals surface area contributed by atoms with Gasteiger partial charge in [0.2, 0.25) is 23.8 Å². The van der Waals surface area contributed by atoms with Gasteiger partial charge < -0.3 is 71.6 Å². The van der Waals surface area contributed by atoms with Crippen molar-refractivity contribution < 1.29 is 47.9 Å². The van der Waals surface area contributed by atoms with Gasteiger partial charge in [0.1, 0.15) is 57.7 Å². The number of esters is 1. The Hall–Kier alpha value is -9.72. The van der Waals surface area contributed by atoms with Crippen molar-refractivity contribution >= 4 is 86.2 Å². The lowest BCUT2D eigenvalue weighted by atomic mass is 10.1. The average molecular weight is 1170 g/mol. The summed E-state index contributed by atoms with van der Waals surface area (Å²) in [7, 11) is 7.79.